The third-order valence-corrected chi connectivity index (χ3v) is 7.82. The van der Waals surface area contributed by atoms with Gasteiger partial charge in [-0.05, 0) is 104 Å². The molecule has 0 aromatic heterocycles. The Morgan fingerprint density at radius 2 is 1.66 bits per heavy atom. The van der Waals surface area contributed by atoms with E-state index in [4.69, 9.17) is 9.47 Å². The van der Waals surface area contributed by atoms with E-state index in [0.29, 0.717) is 30.6 Å². The monoisotopic (exact) mass is 566 g/mol. The van der Waals surface area contributed by atoms with Crippen LogP contribution in [0.1, 0.15) is 80.1 Å². The van der Waals surface area contributed by atoms with Crippen molar-refractivity contribution in [2.24, 2.45) is 5.92 Å². The van der Waals surface area contributed by atoms with Crippen molar-refractivity contribution in [2.45, 2.75) is 70.3 Å². The summed E-state index contributed by atoms with van der Waals surface area (Å²) in [4.78, 5) is 12.7. The quantitative estimate of drug-likeness (QED) is 0.103. The predicted octanol–water partition coefficient (Wildman–Crippen LogP) is 8.77. The average molecular weight is 567 g/mol. The molecule has 1 aliphatic carbocycles. The minimum atomic E-state index is -1.19. The molecule has 0 saturated heterocycles. The first-order valence-electron chi connectivity index (χ1n) is 14.3. The zero-order valence-corrected chi connectivity index (χ0v) is 23.4. The second-order valence-electron chi connectivity index (χ2n) is 10.6. The smallest absolute Gasteiger partial charge is 0.343 e. The molecule has 1 fully saturated rings. The maximum absolute atomic E-state index is 15.0. The average Bonchev–Trinajstić information content (AvgIpc) is 2.99. The number of aliphatic hydroxyl groups is 1. The molecule has 218 valence electrons. The van der Waals surface area contributed by atoms with E-state index in [1.165, 1.54) is 30.3 Å². The van der Waals surface area contributed by atoms with Gasteiger partial charge in [0.2, 0.25) is 5.82 Å². The van der Waals surface area contributed by atoms with Crippen molar-refractivity contribution in [2.75, 3.05) is 6.61 Å². The highest BCUT2D eigenvalue weighted by atomic mass is 19.2. The Hall–Kier alpha value is -3.58. The van der Waals surface area contributed by atoms with Crippen molar-refractivity contribution in [3.8, 4) is 22.6 Å². The molecule has 3 aromatic rings. The van der Waals surface area contributed by atoms with Crippen molar-refractivity contribution in [3.63, 3.8) is 0 Å². The minimum Gasteiger partial charge on any atom is -0.491 e. The number of hydrogen-bond donors (Lipinski definition) is 1. The highest BCUT2D eigenvalue weighted by molar-refractivity contribution is 5.91. The van der Waals surface area contributed by atoms with Crippen LogP contribution in [0, 0.1) is 23.4 Å². The van der Waals surface area contributed by atoms with E-state index in [1.807, 2.05) is 6.92 Å². The number of aliphatic hydroxyl groups excluding tert-OH is 1. The van der Waals surface area contributed by atoms with Crippen LogP contribution in [0.4, 0.5) is 13.2 Å². The lowest BCUT2D eigenvalue weighted by atomic mass is 9.76. The van der Waals surface area contributed by atoms with Crippen molar-refractivity contribution in [1.29, 1.82) is 0 Å². The first-order valence-corrected chi connectivity index (χ1v) is 14.3. The third kappa shape index (κ3) is 7.59. The summed E-state index contributed by atoms with van der Waals surface area (Å²) in [6.07, 6.45) is 7.48. The van der Waals surface area contributed by atoms with Crippen LogP contribution in [0.3, 0.4) is 0 Å². The van der Waals surface area contributed by atoms with Gasteiger partial charge in [-0.15, -0.1) is 6.58 Å². The van der Waals surface area contributed by atoms with Gasteiger partial charge in [-0.1, -0.05) is 43.7 Å². The van der Waals surface area contributed by atoms with E-state index in [9.17, 15) is 18.7 Å². The zero-order chi connectivity index (χ0) is 29.4. The highest BCUT2D eigenvalue weighted by Gasteiger charge is 2.30. The Labute approximate surface area is 239 Å². The number of ether oxygens (including phenoxy) is 2. The molecule has 1 N–H and O–H groups in total. The molecule has 1 aliphatic rings. The summed E-state index contributed by atoms with van der Waals surface area (Å²) in [7, 11) is 0. The lowest BCUT2D eigenvalue weighted by Crippen LogP contribution is -2.25. The van der Waals surface area contributed by atoms with Crippen LogP contribution in [-0.4, -0.2) is 23.8 Å². The number of unbranched alkanes of at least 4 members (excludes halogenated alkanes) is 1. The van der Waals surface area contributed by atoms with Crippen LogP contribution in [0.25, 0.3) is 11.1 Å². The molecule has 0 amide bonds. The second kappa shape index (κ2) is 14.4. The van der Waals surface area contributed by atoms with E-state index in [2.05, 4.69) is 6.58 Å². The Morgan fingerprint density at radius 3 is 2.32 bits per heavy atom. The Balaban J connectivity index is 1.37. The van der Waals surface area contributed by atoms with Crippen LogP contribution in [0.2, 0.25) is 0 Å². The molecule has 0 spiro atoms. The number of hydrogen-bond acceptors (Lipinski definition) is 4. The lowest BCUT2D eigenvalue weighted by molar-refractivity contribution is 0.0725. The molecular formula is C34H37F3O4. The Bertz CT molecular complexity index is 1330. The molecule has 1 saturated carbocycles. The number of halogens is 3. The molecule has 41 heavy (non-hydrogen) atoms. The van der Waals surface area contributed by atoms with Gasteiger partial charge in [0.1, 0.15) is 0 Å². The Morgan fingerprint density at radius 1 is 0.976 bits per heavy atom. The lowest BCUT2D eigenvalue weighted by Gasteiger charge is -2.32. The van der Waals surface area contributed by atoms with E-state index in [-0.39, 0.29) is 34.8 Å². The molecule has 7 heteroatoms. The predicted molar refractivity (Wildman–Crippen MR) is 154 cm³/mol. The van der Waals surface area contributed by atoms with E-state index >= 15 is 4.39 Å². The summed E-state index contributed by atoms with van der Waals surface area (Å²) in [6, 6.07) is 13.7. The summed E-state index contributed by atoms with van der Waals surface area (Å²) in [5.41, 5.74) is 1.68. The standard InChI is InChI=1S/C34H37F3O4/c1-3-5-6-20-40-30-18-16-26(21-28(30)35)22-8-14-25(15-9-22)34(39)41-31-19-17-27(32(36)33(31)37)23-10-12-24(13-11-23)29(38)7-4-2/h3,8-9,14-19,21,23-24,29,38H,1,4-7,10-13,20H2,2H3. The number of allylic oxidation sites excluding steroid dienone is 1. The molecular weight excluding hydrogens is 529 g/mol. The molecule has 0 radical (unpaired) electrons. The van der Waals surface area contributed by atoms with Gasteiger partial charge in [-0.2, -0.15) is 4.39 Å². The molecule has 0 heterocycles. The van der Waals surface area contributed by atoms with Crippen LogP contribution in [0.5, 0.6) is 11.5 Å². The first kappa shape index (κ1) is 30.4. The molecule has 0 bridgehead atoms. The zero-order valence-electron chi connectivity index (χ0n) is 23.4. The normalized spacial score (nSPS) is 17.6. The molecule has 1 atom stereocenters. The maximum atomic E-state index is 15.0. The van der Waals surface area contributed by atoms with Gasteiger partial charge in [-0.3, -0.25) is 0 Å². The molecule has 0 aliphatic heterocycles. The van der Waals surface area contributed by atoms with Gasteiger partial charge >= 0.3 is 5.97 Å². The van der Waals surface area contributed by atoms with Crippen molar-refractivity contribution >= 4 is 5.97 Å². The van der Waals surface area contributed by atoms with E-state index in [1.54, 1.807) is 30.3 Å². The fraction of sp³-hybridized carbons (Fsp3) is 0.382. The summed E-state index contributed by atoms with van der Waals surface area (Å²) in [5, 5.41) is 10.3. The van der Waals surface area contributed by atoms with Gasteiger partial charge in [-0.25, -0.2) is 13.6 Å². The van der Waals surface area contributed by atoms with Crippen LogP contribution in [-0.2, 0) is 0 Å². The molecule has 4 nitrogen and oxygen atoms in total. The fourth-order valence-corrected chi connectivity index (χ4v) is 5.45. The summed E-state index contributed by atoms with van der Waals surface area (Å²) in [6.45, 7) is 6.06. The van der Waals surface area contributed by atoms with Gasteiger partial charge in [0.05, 0.1) is 18.3 Å². The van der Waals surface area contributed by atoms with Crippen LogP contribution in [0.15, 0.2) is 67.3 Å². The fourth-order valence-electron chi connectivity index (χ4n) is 5.45. The number of benzene rings is 3. The van der Waals surface area contributed by atoms with Crippen molar-refractivity contribution < 1.29 is 32.5 Å². The summed E-state index contributed by atoms with van der Waals surface area (Å²) in [5.74, 6) is -3.78. The first-order chi connectivity index (χ1) is 19.8. The van der Waals surface area contributed by atoms with E-state index < -0.39 is 29.2 Å². The number of rotatable bonds is 12. The van der Waals surface area contributed by atoms with Gasteiger partial charge in [0.25, 0.3) is 0 Å². The number of carbonyl (C=O) groups is 1. The SMILES string of the molecule is C=CCCCOc1ccc(-c2ccc(C(=O)Oc3ccc(C4CCC(C(O)CCC)CC4)c(F)c3F)cc2)cc1F. The second-order valence-corrected chi connectivity index (χ2v) is 10.6. The van der Waals surface area contributed by atoms with Crippen molar-refractivity contribution in [1.82, 2.24) is 0 Å². The topological polar surface area (TPSA) is 55.8 Å². The maximum Gasteiger partial charge on any atom is 0.343 e. The summed E-state index contributed by atoms with van der Waals surface area (Å²) < 4.78 is 55.1. The van der Waals surface area contributed by atoms with E-state index in [0.717, 1.165) is 38.5 Å². The Kier molecular flexibility index (Phi) is 10.6. The highest BCUT2D eigenvalue weighted by Crippen LogP contribution is 2.40. The third-order valence-electron chi connectivity index (χ3n) is 7.82. The molecule has 4 rings (SSSR count). The van der Waals surface area contributed by atoms with Gasteiger partial charge in [0.15, 0.2) is 23.1 Å². The van der Waals surface area contributed by atoms with Crippen LogP contribution < -0.4 is 9.47 Å². The van der Waals surface area contributed by atoms with Crippen molar-refractivity contribution in [3.05, 3.63) is 95.8 Å². The van der Waals surface area contributed by atoms with Crippen LogP contribution >= 0.6 is 0 Å². The molecule has 3 aromatic carbocycles. The molecule has 1 unspecified atom stereocenters. The number of carbonyl (C=O) groups excluding carboxylic acids is 1. The summed E-state index contributed by atoms with van der Waals surface area (Å²) >= 11 is 0. The van der Waals surface area contributed by atoms with Gasteiger partial charge < -0.3 is 14.6 Å². The largest absolute Gasteiger partial charge is 0.491 e. The number of esters is 1. The minimum absolute atomic E-state index is 0.143. The van der Waals surface area contributed by atoms with Gasteiger partial charge in [0, 0.05) is 0 Å².